The first-order valence-corrected chi connectivity index (χ1v) is 17.1. The van der Waals surface area contributed by atoms with E-state index in [0.717, 1.165) is 5.57 Å². The summed E-state index contributed by atoms with van der Waals surface area (Å²) in [5, 5.41) is 78.9. The van der Waals surface area contributed by atoms with Crippen LogP contribution in [-0.2, 0) is 23.8 Å². The summed E-state index contributed by atoms with van der Waals surface area (Å²) in [4.78, 5) is 28.6. The summed E-state index contributed by atoms with van der Waals surface area (Å²) in [5.41, 5.74) is 4.03. The molecule has 0 bridgehead atoms. The number of carboxylic acid groups (broad SMARTS) is 1. The van der Waals surface area contributed by atoms with Crippen molar-refractivity contribution in [1.29, 1.82) is 0 Å². The molecule has 2 saturated carbocycles. The van der Waals surface area contributed by atoms with Crippen LogP contribution < -0.4 is 11.1 Å². The molecule has 0 aromatic heterocycles. The van der Waals surface area contributed by atoms with Crippen LogP contribution in [-0.4, -0.2) is 127 Å². The van der Waals surface area contributed by atoms with Gasteiger partial charge in [-0.15, -0.1) is 4.99 Å². The van der Waals surface area contributed by atoms with Crippen LogP contribution in [0.1, 0.15) is 65.2 Å². The van der Waals surface area contributed by atoms with Crippen LogP contribution in [0.25, 0.3) is 0 Å². The molecule has 15 heteroatoms. The van der Waals surface area contributed by atoms with Gasteiger partial charge in [0.15, 0.2) is 24.2 Å². The second-order valence-electron chi connectivity index (χ2n) is 14.6. The van der Waals surface area contributed by atoms with Gasteiger partial charge in [0, 0.05) is 31.2 Å². The summed E-state index contributed by atoms with van der Waals surface area (Å²) < 4.78 is 17.9. The van der Waals surface area contributed by atoms with Crippen molar-refractivity contribution in [3.05, 3.63) is 18.2 Å². The summed E-state index contributed by atoms with van der Waals surface area (Å²) in [6.07, 6.45) is -6.46. The van der Waals surface area contributed by atoms with Crippen LogP contribution in [0.4, 0.5) is 0 Å². The van der Waals surface area contributed by atoms with E-state index in [9.17, 15) is 45.3 Å². The standard InChI is InChI=1S/C33H51N3O12/c1-15(2)18(11-16-9-10-35-13-16)14-36-31(44)33(45)28(40)25(39)27(30(42)43)48-32(33)46-20-7-8-21-22(12-20)47-26(29(34)41)23(24(21)38)17-3-5-19(37)6-4-17/h9-10,13,15,17-28,31-32,36-40,44-45H,3-8,11-12,14H2,1-2H3,(H2-,34,41,42,43)/p+1/t17?,18-,19?,20?,21?,22?,23?,24?,25+,26?,27-,28-,31+,32+,33+/m0/s1. The zero-order chi connectivity index (χ0) is 34.9. The van der Waals surface area contributed by atoms with Crippen LogP contribution in [0.3, 0.4) is 0 Å². The third kappa shape index (κ3) is 7.60. The fourth-order valence-electron chi connectivity index (χ4n) is 8.23. The smallest absolute Gasteiger partial charge is 0.335 e. The average Bonchev–Trinajstić information content (AvgIpc) is 3.56. The molecule has 270 valence electrons. The number of fused-ring (bicyclic) bond motifs is 1. The van der Waals surface area contributed by atoms with Gasteiger partial charge in [0.1, 0.15) is 36.7 Å². The normalized spacial score (nSPS) is 42.8. The number of amides is 1. The number of aliphatic carboxylic acids is 1. The number of nitrogens with zero attached hydrogens (tertiary/aromatic N) is 1. The molecule has 48 heavy (non-hydrogen) atoms. The lowest BCUT2D eigenvalue weighted by molar-refractivity contribution is -0.367. The van der Waals surface area contributed by atoms with E-state index in [-0.39, 0.29) is 36.6 Å². The van der Waals surface area contributed by atoms with Crippen molar-refractivity contribution >= 4 is 18.1 Å². The molecule has 13 atom stereocenters. The topological polar surface area (TPSA) is 254 Å². The number of nitrogens with one attached hydrogen (secondary N) is 1. The Hall–Kier alpha value is -2.18. The molecular weight excluding hydrogens is 630 g/mol. The van der Waals surface area contributed by atoms with Crippen LogP contribution >= 0.6 is 0 Å². The van der Waals surface area contributed by atoms with Gasteiger partial charge in [-0.1, -0.05) is 13.8 Å². The highest BCUT2D eigenvalue weighted by Crippen LogP contribution is 2.46. The number of primary amides is 1. The number of rotatable bonds is 12. The number of nitrogens with two attached hydrogens (primary N) is 1. The molecule has 0 spiro atoms. The van der Waals surface area contributed by atoms with Gasteiger partial charge in [0.2, 0.25) is 5.91 Å². The Labute approximate surface area is 280 Å². The number of hydrogen-bond acceptors (Lipinski definition) is 13. The molecule has 0 radical (unpaired) electrons. The van der Waals surface area contributed by atoms with Crippen molar-refractivity contribution < 1.29 is 59.5 Å². The van der Waals surface area contributed by atoms with E-state index >= 15 is 0 Å². The van der Waals surface area contributed by atoms with Crippen molar-refractivity contribution in [1.82, 2.24) is 5.32 Å². The number of aliphatic hydroxyl groups excluding tert-OH is 5. The first-order valence-electron chi connectivity index (χ1n) is 17.1. The molecule has 3 aliphatic heterocycles. The number of aliphatic hydroxyl groups is 6. The molecule has 10 N–H and O–H groups in total. The third-order valence-electron chi connectivity index (χ3n) is 11.2. The van der Waals surface area contributed by atoms with E-state index in [4.69, 9.17) is 19.9 Å². The monoisotopic (exact) mass is 682 g/mol. The maximum absolute atomic E-state index is 12.6. The predicted molar refractivity (Wildman–Crippen MR) is 169 cm³/mol. The summed E-state index contributed by atoms with van der Waals surface area (Å²) >= 11 is 0. The maximum Gasteiger partial charge on any atom is 0.335 e. The summed E-state index contributed by atoms with van der Waals surface area (Å²) in [7, 11) is 0. The highest BCUT2D eigenvalue weighted by atomic mass is 16.7. The highest BCUT2D eigenvalue weighted by Gasteiger charge is 2.62. The Balaban J connectivity index is 1.30. The van der Waals surface area contributed by atoms with Gasteiger partial charge < -0.3 is 55.7 Å². The molecule has 1 amide bonds. The van der Waals surface area contributed by atoms with Crippen molar-refractivity contribution in [2.75, 3.05) is 6.54 Å². The summed E-state index contributed by atoms with van der Waals surface area (Å²) in [6, 6.07) is 0. The van der Waals surface area contributed by atoms with E-state index < -0.39 is 84.7 Å². The van der Waals surface area contributed by atoms with E-state index in [1.54, 1.807) is 12.8 Å². The number of hydrogen-bond donors (Lipinski definition) is 9. The van der Waals surface area contributed by atoms with E-state index in [1.807, 2.05) is 19.9 Å². The quantitative estimate of drug-likeness (QED) is 0.0882. The number of allylic oxidation sites excluding steroid dienone is 1. The van der Waals surface area contributed by atoms with Gasteiger partial charge in [-0.25, -0.2) is 4.79 Å². The summed E-state index contributed by atoms with van der Waals surface area (Å²) in [5.74, 6) is -3.13. The Kier molecular flexibility index (Phi) is 11.9. The van der Waals surface area contributed by atoms with Crippen LogP contribution in [0.2, 0.25) is 0 Å². The van der Waals surface area contributed by atoms with Crippen LogP contribution in [0.15, 0.2) is 16.6 Å². The molecule has 0 aromatic rings. The lowest BCUT2D eigenvalue weighted by atomic mass is 9.66. The first-order chi connectivity index (χ1) is 22.7. The highest BCUT2D eigenvalue weighted by molar-refractivity contribution is 5.82. The maximum atomic E-state index is 12.6. The molecule has 6 unspecified atom stereocenters. The zero-order valence-electron chi connectivity index (χ0n) is 27.5. The minimum Gasteiger partial charge on any atom is -0.479 e. The van der Waals surface area contributed by atoms with Gasteiger partial charge in [0.05, 0.1) is 30.5 Å². The van der Waals surface area contributed by atoms with Crippen molar-refractivity contribution in [3.8, 4) is 0 Å². The summed E-state index contributed by atoms with van der Waals surface area (Å²) in [6.45, 7) is 5.86. The molecule has 5 aliphatic rings. The van der Waals surface area contributed by atoms with Crippen molar-refractivity contribution in [3.63, 3.8) is 0 Å². The van der Waals surface area contributed by atoms with Crippen molar-refractivity contribution in [2.45, 2.75) is 132 Å². The van der Waals surface area contributed by atoms with Crippen LogP contribution in [0, 0.1) is 36.1 Å². The number of carbonyl (C=O) groups is 2. The number of carbonyl (C=O) groups excluding carboxylic acids is 1. The Morgan fingerprint density at radius 1 is 1.08 bits per heavy atom. The average molecular weight is 683 g/mol. The molecule has 3 heterocycles. The minimum atomic E-state index is -2.70. The molecule has 2 aliphatic carbocycles. The van der Waals surface area contributed by atoms with Gasteiger partial charge in [-0.2, -0.15) is 0 Å². The molecule has 5 rings (SSSR count). The van der Waals surface area contributed by atoms with Gasteiger partial charge in [-0.3, -0.25) is 10.1 Å². The lowest BCUT2D eigenvalue weighted by Crippen LogP contribution is -2.75. The van der Waals surface area contributed by atoms with Crippen molar-refractivity contribution in [2.24, 2.45) is 40.3 Å². The number of aliphatic imine (C=N–C) groups is 1. The number of ether oxygens (including phenoxy) is 3. The van der Waals surface area contributed by atoms with Gasteiger partial charge in [-0.05, 0) is 56.3 Å². The SMILES string of the molecule is CC(C)[C@H](CN[C@H](O)[C@@]1(O)[C@H](OC2CCC3C(C2)OC(C(N)=O)C(C2CCC(O)CC2)C3O)O[C@H](C(=O)O)[C@@H](O)[C@@H]1O)CC1=C[CH+]N=C1. The Morgan fingerprint density at radius 2 is 1.79 bits per heavy atom. The second kappa shape index (κ2) is 15.4. The Bertz CT molecular complexity index is 1190. The van der Waals surface area contributed by atoms with E-state index in [1.165, 1.54) is 0 Å². The lowest BCUT2D eigenvalue weighted by Gasteiger charge is -2.52. The molecule has 0 aromatic carbocycles. The third-order valence-corrected chi connectivity index (χ3v) is 11.2. The minimum absolute atomic E-state index is 0.0315. The molecule has 15 nitrogen and oxygen atoms in total. The van der Waals surface area contributed by atoms with Gasteiger partial charge >= 0.3 is 5.97 Å². The predicted octanol–water partition coefficient (Wildman–Crippen LogP) is -1.04. The fourth-order valence-corrected chi connectivity index (χ4v) is 8.23. The largest absolute Gasteiger partial charge is 0.479 e. The zero-order valence-corrected chi connectivity index (χ0v) is 27.5. The number of carboxylic acids is 1. The van der Waals surface area contributed by atoms with E-state index in [0.29, 0.717) is 44.9 Å². The molecule has 4 fully saturated rings. The second-order valence-corrected chi connectivity index (χ2v) is 14.6. The first kappa shape index (κ1) is 37.1. The van der Waals surface area contributed by atoms with E-state index in [2.05, 4.69) is 10.3 Å². The molecule has 2 saturated heterocycles. The van der Waals surface area contributed by atoms with Crippen LogP contribution in [0.5, 0.6) is 0 Å². The Morgan fingerprint density at radius 3 is 2.40 bits per heavy atom. The van der Waals surface area contributed by atoms with Gasteiger partial charge in [0.25, 0.3) is 0 Å². The fraction of sp³-hybridized carbons (Fsp3) is 0.818. The molecular formula is C33H52N3O12+.